The van der Waals surface area contributed by atoms with Gasteiger partial charge in [-0.25, -0.2) is 9.97 Å². The first-order valence-electron chi connectivity index (χ1n) is 6.45. The summed E-state index contributed by atoms with van der Waals surface area (Å²) in [5, 5.41) is 7.44. The molecule has 0 spiro atoms. The Hall–Kier alpha value is -2.11. The van der Waals surface area contributed by atoms with Gasteiger partial charge in [0.05, 0.1) is 12.2 Å². The van der Waals surface area contributed by atoms with E-state index in [0.717, 1.165) is 35.7 Å². The van der Waals surface area contributed by atoms with Crippen molar-refractivity contribution in [1.82, 2.24) is 19.7 Å². The molecule has 0 radical (unpaired) electrons. The summed E-state index contributed by atoms with van der Waals surface area (Å²) in [7, 11) is 1.92. The van der Waals surface area contributed by atoms with Gasteiger partial charge in [0.2, 0.25) is 0 Å². The quantitative estimate of drug-likeness (QED) is 0.854. The Labute approximate surface area is 113 Å². The van der Waals surface area contributed by atoms with Gasteiger partial charge in [-0.1, -0.05) is 6.92 Å². The Morgan fingerprint density at radius 3 is 2.79 bits per heavy atom. The van der Waals surface area contributed by atoms with E-state index in [2.05, 4.69) is 27.3 Å². The van der Waals surface area contributed by atoms with E-state index in [4.69, 9.17) is 5.73 Å². The molecule has 0 saturated carbocycles. The third kappa shape index (κ3) is 3.01. The molecule has 3 N–H and O–H groups in total. The minimum Gasteiger partial charge on any atom is -0.383 e. The molecule has 2 heterocycles. The third-order valence-electron chi connectivity index (χ3n) is 3.06. The van der Waals surface area contributed by atoms with Crippen LogP contribution >= 0.6 is 0 Å². The summed E-state index contributed by atoms with van der Waals surface area (Å²) in [5.74, 6) is 2.14. The van der Waals surface area contributed by atoms with Crippen LogP contribution in [0.2, 0.25) is 0 Å². The number of hydrogen-bond acceptors (Lipinski definition) is 5. The Morgan fingerprint density at radius 2 is 2.16 bits per heavy atom. The van der Waals surface area contributed by atoms with Gasteiger partial charge >= 0.3 is 0 Å². The smallest absolute Gasteiger partial charge is 0.135 e. The predicted molar refractivity (Wildman–Crippen MR) is 75.7 cm³/mol. The Kier molecular flexibility index (Phi) is 3.99. The minimum absolute atomic E-state index is 0.547. The number of nitrogens with one attached hydrogen (secondary N) is 1. The molecule has 2 rings (SSSR count). The number of anilines is 2. The number of aryl methyl sites for hydroxylation is 2. The molecule has 0 fully saturated rings. The van der Waals surface area contributed by atoms with Crippen molar-refractivity contribution in [3.8, 4) is 0 Å². The van der Waals surface area contributed by atoms with E-state index in [1.807, 2.05) is 24.7 Å². The summed E-state index contributed by atoms with van der Waals surface area (Å²) in [6.07, 6.45) is 3.62. The molecular weight excluding hydrogens is 240 g/mol. The van der Waals surface area contributed by atoms with Gasteiger partial charge < -0.3 is 11.1 Å². The van der Waals surface area contributed by atoms with Crippen LogP contribution in [0.4, 0.5) is 11.6 Å². The standard InChI is InChI=1S/C13H20N6/c1-4-5-11-17-12(14)9(2)13(18-11)15-8-10-6-7-16-19(10)3/h6-7H,4-5,8H2,1-3H3,(H3,14,15,17,18). The average Bonchev–Trinajstić information content (AvgIpc) is 2.78. The van der Waals surface area contributed by atoms with E-state index in [9.17, 15) is 0 Å². The Bertz CT molecular complexity index is 560. The number of hydrogen-bond donors (Lipinski definition) is 2. The van der Waals surface area contributed by atoms with Crippen molar-refractivity contribution in [2.45, 2.75) is 33.2 Å². The monoisotopic (exact) mass is 260 g/mol. The molecule has 102 valence electrons. The van der Waals surface area contributed by atoms with E-state index >= 15 is 0 Å². The van der Waals surface area contributed by atoms with Crippen molar-refractivity contribution in [1.29, 1.82) is 0 Å². The summed E-state index contributed by atoms with van der Waals surface area (Å²) in [6.45, 7) is 4.69. The third-order valence-corrected chi connectivity index (χ3v) is 3.06. The molecule has 0 aliphatic carbocycles. The second-order valence-electron chi connectivity index (χ2n) is 4.55. The summed E-state index contributed by atoms with van der Waals surface area (Å²) in [5.41, 5.74) is 7.90. The molecule has 6 nitrogen and oxygen atoms in total. The van der Waals surface area contributed by atoms with Crippen molar-refractivity contribution in [3.05, 3.63) is 29.3 Å². The molecule has 0 aliphatic heterocycles. The highest BCUT2D eigenvalue weighted by atomic mass is 15.3. The number of aromatic nitrogens is 4. The van der Waals surface area contributed by atoms with Crippen LogP contribution in [0.15, 0.2) is 12.3 Å². The van der Waals surface area contributed by atoms with Crippen LogP contribution in [0.1, 0.15) is 30.4 Å². The summed E-state index contributed by atoms with van der Waals surface area (Å²) < 4.78 is 1.83. The zero-order valence-electron chi connectivity index (χ0n) is 11.6. The van der Waals surface area contributed by atoms with Crippen LogP contribution in [0.3, 0.4) is 0 Å². The van der Waals surface area contributed by atoms with Gasteiger partial charge in [0.15, 0.2) is 0 Å². The fourth-order valence-corrected chi connectivity index (χ4v) is 1.84. The maximum absolute atomic E-state index is 5.92. The van der Waals surface area contributed by atoms with E-state index in [-0.39, 0.29) is 0 Å². The maximum Gasteiger partial charge on any atom is 0.135 e. The Morgan fingerprint density at radius 1 is 1.37 bits per heavy atom. The van der Waals surface area contributed by atoms with Crippen molar-refractivity contribution in [3.63, 3.8) is 0 Å². The van der Waals surface area contributed by atoms with Crippen molar-refractivity contribution in [2.75, 3.05) is 11.1 Å². The molecule has 0 saturated heterocycles. The van der Waals surface area contributed by atoms with E-state index < -0.39 is 0 Å². The molecule has 6 heteroatoms. The molecule has 2 aromatic heterocycles. The van der Waals surface area contributed by atoms with Crippen LogP contribution in [-0.2, 0) is 20.0 Å². The molecule has 0 bridgehead atoms. The molecule has 0 aliphatic rings. The fraction of sp³-hybridized carbons (Fsp3) is 0.462. The normalized spacial score (nSPS) is 10.7. The van der Waals surface area contributed by atoms with Gasteiger partial charge in [-0.2, -0.15) is 5.10 Å². The highest BCUT2D eigenvalue weighted by Gasteiger charge is 2.08. The lowest BCUT2D eigenvalue weighted by Crippen LogP contribution is -2.11. The first kappa shape index (κ1) is 13.3. The van der Waals surface area contributed by atoms with Crippen LogP contribution in [-0.4, -0.2) is 19.7 Å². The average molecular weight is 260 g/mol. The zero-order valence-corrected chi connectivity index (χ0v) is 11.6. The van der Waals surface area contributed by atoms with Crippen molar-refractivity contribution >= 4 is 11.6 Å². The van der Waals surface area contributed by atoms with Crippen LogP contribution < -0.4 is 11.1 Å². The van der Waals surface area contributed by atoms with Crippen LogP contribution in [0.5, 0.6) is 0 Å². The van der Waals surface area contributed by atoms with Gasteiger partial charge in [-0.05, 0) is 19.4 Å². The number of rotatable bonds is 5. The van der Waals surface area contributed by atoms with Crippen LogP contribution in [0.25, 0.3) is 0 Å². The molecule has 0 amide bonds. The predicted octanol–water partition coefficient (Wildman–Crippen LogP) is 1.67. The molecule has 2 aromatic rings. The number of nitrogens with two attached hydrogens (primary N) is 1. The first-order chi connectivity index (χ1) is 9.11. The van der Waals surface area contributed by atoms with Gasteiger partial charge in [0, 0.05) is 25.2 Å². The van der Waals surface area contributed by atoms with Crippen molar-refractivity contribution < 1.29 is 0 Å². The molecule has 0 atom stereocenters. The van der Waals surface area contributed by atoms with Crippen molar-refractivity contribution in [2.24, 2.45) is 7.05 Å². The lowest BCUT2D eigenvalue weighted by molar-refractivity contribution is 0.719. The van der Waals surface area contributed by atoms with E-state index in [1.54, 1.807) is 6.20 Å². The summed E-state index contributed by atoms with van der Waals surface area (Å²) >= 11 is 0. The highest BCUT2D eigenvalue weighted by molar-refractivity contribution is 5.54. The Balaban J connectivity index is 2.17. The molecular formula is C13H20N6. The lowest BCUT2D eigenvalue weighted by atomic mass is 10.2. The number of nitrogens with zero attached hydrogens (tertiary/aromatic N) is 4. The van der Waals surface area contributed by atoms with E-state index in [0.29, 0.717) is 12.4 Å². The maximum atomic E-state index is 5.92. The second-order valence-corrected chi connectivity index (χ2v) is 4.55. The van der Waals surface area contributed by atoms with Gasteiger partial charge in [0.1, 0.15) is 17.5 Å². The topological polar surface area (TPSA) is 81.6 Å². The zero-order chi connectivity index (χ0) is 13.8. The van der Waals surface area contributed by atoms with Gasteiger partial charge in [0.25, 0.3) is 0 Å². The summed E-state index contributed by atoms with van der Waals surface area (Å²) in [4.78, 5) is 8.81. The highest BCUT2D eigenvalue weighted by Crippen LogP contribution is 2.18. The molecule has 0 aromatic carbocycles. The molecule has 19 heavy (non-hydrogen) atoms. The SMILES string of the molecule is CCCc1nc(N)c(C)c(NCc2ccnn2C)n1. The van der Waals surface area contributed by atoms with E-state index in [1.165, 1.54) is 0 Å². The molecule has 0 unspecified atom stereocenters. The van der Waals surface area contributed by atoms with Gasteiger partial charge in [-0.15, -0.1) is 0 Å². The lowest BCUT2D eigenvalue weighted by Gasteiger charge is -2.12. The van der Waals surface area contributed by atoms with Gasteiger partial charge in [-0.3, -0.25) is 4.68 Å². The fourth-order valence-electron chi connectivity index (χ4n) is 1.84. The largest absolute Gasteiger partial charge is 0.383 e. The van der Waals surface area contributed by atoms with Crippen LogP contribution in [0, 0.1) is 6.92 Å². The second kappa shape index (κ2) is 5.69. The summed E-state index contributed by atoms with van der Waals surface area (Å²) in [6, 6.07) is 1.97. The number of nitrogen functional groups attached to an aromatic ring is 1. The first-order valence-corrected chi connectivity index (χ1v) is 6.45. The minimum atomic E-state index is 0.547.